The molecule has 148 valence electrons. The van der Waals surface area contributed by atoms with Crippen molar-refractivity contribution in [1.82, 2.24) is 20.8 Å². The van der Waals surface area contributed by atoms with Gasteiger partial charge in [0, 0.05) is 42.9 Å². The van der Waals surface area contributed by atoms with Crippen LogP contribution >= 0.6 is 11.3 Å². The number of aliphatic imine (C=N–C) groups is 1. The largest absolute Gasteiger partial charge is 0.356 e. The number of aromatic nitrogens is 2. The summed E-state index contributed by atoms with van der Waals surface area (Å²) in [5, 5.41) is 12.8. The van der Waals surface area contributed by atoms with E-state index >= 15 is 0 Å². The van der Waals surface area contributed by atoms with Gasteiger partial charge >= 0.3 is 0 Å². The molecule has 7 heteroatoms. The molecule has 3 aromatic rings. The molecule has 0 saturated carbocycles. The molecule has 0 amide bonds. The molecule has 0 aliphatic carbocycles. The van der Waals surface area contributed by atoms with E-state index in [1.165, 1.54) is 10.4 Å². The van der Waals surface area contributed by atoms with E-state index in [0.29, 0.717) is 11.8 Å². The van der Waals surface area contributed by atoms with Gasteiger partial charge in [-0.05, 0) is 35.6 Å². The maximum absolute atomic E-state index is 5.28. The Kier molecular flexibility index (Phi) is 7.19. The lowest BCUT2D eigenvalue weighted by molar-refractivity contribution is 0.423. The van der Waals surface area contributed by atoms with Crippen molar-refractivity contribution in [3.05, 3.63) is 58.0 Å². The topological polar surface area (TPSA) is 75.3 Å². The lowest BCUT2D eigenvalue weighted by Gasteiger charge is -2.15. The number of thiophene rings is 1. The fourth-order valence-electron chi connectivity index (χ4n) is 2.80. The second-order valence-electron chi connectivity index (χ2n) is 6.61. The molecule has 1 aromatic carbocycles. The first kappa shape index (κ1) is 20.1. The Balaban J connectivity index is 1.44. The number of rotatable bonds is 8. The van der Waals surface area contributed by atoms with Crippen LogP contribution in [0.3, 0.4) is 0 Å². The van der Waals surface area contributed by atoms with E-state index in [0.717, 1.165) is 43.3 Å². The van der Waals surface area contributed by atoms with Gasteiger partial charge in [0.2, 0.25) is 0 Å². The van der Waals surface area contributed by atoms with Crippen molar-refractivity contribution in [1.29, 1.82) is 0 Å². The molecule has 3 rings (SSSR count). The van der Waals surface area contributed by atoms with Crippen LogP contribution in [0.15, 0.2) is 51.3 Å². The van der Waals surface area contributed by atoms with Gasteiger partial charge in [0.1, 0.15) is 0 Å². The highest BCUT2D eigenvalue weighted by Gasteiger charge is 2.09. The van der Waals surface area contributed by atoms with Crippen LogP contribution < -0.4 is 10.6 Å². The van der Waals surface area contributed by atoms with Gasteiger partial charge < -0.3 is 15.2 Å². The Bertz CT molecular complexity index is 871. The first-order valence-corrected chi connectivity index (χ1v) is 10.5. The number of hydrogen-bond donors (Lipinski definition) is 2. The summed E-state index contributed by atoms with van der Waals surface area (Å²) in [7, 11) is 1.80. The standard InChI is InChI=1S/C21H27N5OS/c1-4-19-25-20(27-26-19)17-9-7-16(8-10-17)11-12-23-21(22-3)24-14-15(2)18-6-5-13-28-18/h5-10,13,15H,4,11-12,14H2,1-3H3,(H2,22,23,24). The highest BCUT2D eigenvalue weighted by atomic mass is 32.1. The maximum atomic E-state index is 5.28. The molecule has 2 aromatic heterocycles. The van der Waals surface area contributed by atoms with Gasteiger partial charge in [-0.3, -0.25) is 4.99 Å². The Morgan fingerprint density at radius 3 is 2.68 bits per heavy atom. The Morgan fingerprint density at radius 2 is 2.04 bits per heavy atom. The number of nitrogens with zero attached hydrogens (tertiary/aromatic N) is 3. The molecule has 0 bridgehead atoms. The highest BCUT2D eigenvalue weighted by Crippen LogP contribution is 2.20. The molecule has 0 aliphatic rings. The quantitative estimate of drug-likeness (QED) is 0.446. The Labute approximate surface area is 170 Å². The van der Waals surface area contributed by atoms with E-state index < -0.39 is 0 Å². The van der Waals surface area contributed by atoms with Gasteiger partial charge in [0.25, 0.3) is 5.89 Å². The van der Waals surface area contributed by atoms with Crippen molar-refractivity contribution in [2.75, 3.05) is 20.1 Å². The summed E-state index contributed by atoms with van der Waals surface area (Å²) in [6, 6.07) is 12.5. The molecule has 1 unspecified atom stereocenters. The minimum absolute atomic E-state index is 0.462. The average Bonchev–Trinajstić information content (AvgIpc) is 3.43. The summed E-state index contributed by atoms with van der Waals surface area (Å²) in [5.41, 5.74) is 2.19. The van der Waals surface area contributed by atoms with Crippen LogP contribution in [0.5, 0.6) is 0 Å². The second-order valence-corrected chi connectivity index (χ2v) is 7.59. The average molecular weight is 398 g/mol. The molecule has 0 radical (unpaired) electrons. The number of hydrogen-bond acceptors (Lipinski definition) is 5. The monoisotopic (exact) mass is 397 g/mol. The van der Waals surface area contributed by atoms with Crippen LogP contribution in [0.1, 0.15) is 36.0 Å². The van der Waals surface area contributed by atoms with Crippen molar-refractivity contribution < 1.29 is 4.52 Å². The van der Waals surface area contributed by atoms with Crippen LogP contribution in [0.4, 0.5) is 0 Å². The van der Waals surface area contributed by atoms with E-state index in [1.54, 1.807) is 18.4 Å². The summed E-state index contributed by atoms with van der Waals surface area (Å²) in [6.45, 7) is 5.91. The SMILES string of the molecule is CCc1noc(-c2ccc(CCNC(=NC)NCC(C)c3cccs3)cc2)n1. The van der Waals surface area contributed by atoms with E-state index in [9.17, 15) is 0 Å². The third-order valence-electron chi connectivity index (χ3n) is 4.52. The first-order valence-electron chi connectivity index (χ1n) is 9.59. The lowest BCUT2D eigenvalue weighted by Crippen LogP contribution is -2.39. The highest BCUT2D eigenvalue weighted by molar-refractivity contribution is 7.10. The predicted molar refractivity (Wildman–Crippen MR) is 115 cm³/mol. The zero-order valence-corrected chi connectivity index (χ0v) is 17.4. The fourth-order valence-corrected chi connectivity index (χ4v) is 3.58. The molecule has 0 fully saturated rings. The first-order chi connectivity index (χ1) is 13.7. The smallest absolute Gasteiger partial charge is 0.257 e. The van der Waals surface area contributed by atoms with Crippen LogP contribution in [-0.4, -0.2) is 36.2 Å². The van der Waals surface area contributed by atoms with E-state index in [1.807, 2.05) is 19.1 Å². The van der Waals surface area contributed by atoms with E-state index in [-0.39, 0.29) is 0 Å². The number of guanidine groups is 1. The Morgan fingerprint density at radius 1 is 1.21 bits per heavy atom. The van der Waals surface area contributed by atoms with Crippen molar-refractivity contribution in [2.45, 2.75) is 32.6 Å². The zero-order valence-electron chi connectivity index (χ0n) is 16.6. The molecule has 0 saturated heterocycles. The molecule has 2 N–H and O–H groups in total. The zero-order chi connectivity index (χ0) is 19.8. The molecule has 2 heterocycles. The number of nitrogens with one attached hydrogen (secondary N) is 2. The lowest BCUT2D eigenvalue weighted by atomic mass is 10.1. The number of benzene rings is 1. The molecule has 0 aliphatic heterocycles. The van der Waals surface area contributed by atoms with Gasteiger partial charge in [-0.2, -0.15) is 4.98 Å². The van der Waals surface area contributed by atoms with Crippen LogP contribution in [0.2, 0.25) is 0 Å². The summed E-state index contributed by atoms with van der Waals surface area (Å²) >= 11 is 1.79. The van der Waals surface area contributed by atoms with Gasteiger partial charge in [0.05, 0.1) is 0 Å². The normalized spacial score (nSPS) is 12.8. The third-order valence-corrected chi connectivity index (χ3v) is 5.62. The molecule has 6 nitrogen and oxygen atoms in total. The van der Waals surface area contributed by atoms with E-state index in [4.69, 9.17) is 4.52 Å². The summed E-state index contributed by atoms with van der Waals surface area (Å²) in [6.07, 6.45) is 1.68. The van der Waals surface area contributed by atoms with Crippen molar-refractivity contribution in [3.8, 4) is 11.5 Å². The van der Waals surface area contributed by atoms with Gasteiger partial charge in [-0.25, -0.2) is 0 Å². The summed E-state index contributed by atoms with van der Waals surface area (Å²) < 4.78 is 5.28. The van der Waals surface area contributed by atoms with Crippen molar-refractivity contribution >= 4 is 17.3 Å². The molecular weight excluding hydrogens is 370 g/mol. The Hall–Kier alpha value is -2.67. The van der Waals surface area contributed by atoms with Crippen LogP contribution in [0.25, 0.3) is 11.5 Å². The minimum Gasteiger partial charge on any atom is -0.356 e. The third kappa shape index (κ3) is 5.42. The molecule has 28 heavy (non-hydrogen) atoms. The van der Waals surface area contributed by atoms with Crippen LogP contribution in [-0.2, 0) is 12.8 Å². The molecule has 0 spiro atoms. The van der Waals surface area contributed by atoms with E-state index in [2.05, 4.69) is 62.3 Å². The van der Waals surface area contributed by atoms with Gasteiger partial charge in [-0.1, -0.05) is 37.2 Å². The number of aryl methyl sites for hydroxylation is 1. The maximum Gasteiger partial charge on any atom is 0.257 e. The van der Waals surface area contributed by atoms with Gasteiger partial charge in [-0.15, -0.1) is 11.3 Å². The van der Waals surface area contributed by atoms with Crippen molar-refractivity contribution in [3.63, 3.8) is 0 Å². The molecular formula is C21H27N5OS. The fraction of sp³-hybridized carbons (Fsp3) is 0.381. The minimum atomic E-state index is 0.462. The molecule has 1 atom stereocenters. The van der Waals surface area contributed by atoms with Gasteiger partial charge in [0.15, 0.2) is 11.8 Å². The second kappa shape index (κ2) is 10.0. The van der Waals surface area contributed by atoms with Crippen LogP contribution in [0, 0.1) is 0 Å². The summed E-state index contributed by atoms with van der Waals surface area (Å²) in [5.74, 6) is 2.60. The summed E-state index contributed by atoms with van der Waals surface area (Å²) in [4.78, 5) is 10.1. The van der Waals surface area contributed by atoms with Crippen molar-refractivity contribution in [2.24, 2.45) is 4.99 Å². The predicted octanol–water partition coefficient (Wildman–Crippen LogP) is 3.87.